The van der Waals surface area contributed by atoms with E-state index in [1.165, 1.54) is 0 Å². The second-order valence-electron chi connectivity index (χ2n) is 12.6. The van der Waals surface area contributed by atoms with Gasteiger partial charge in [0.05, 0.1) is 12.1 Å². The van der Waals surface area contributed by atoms with Crippen LogP contribution in [0.2, 0.25) is 0 Å². The molecule has 7 aliphatic rings. The van der Waals surface area contributed by atoms with Crippen LogP contribution in [-0.4, -0.2) is 66.2 Å². The normalized spacial score (nSPS) is 44.5. The summed E-state index contributed by atoms with van der Waals surface area (Å²) >= 11 is 0. The lowest BCUT2D eigenvalue weighted by Gasteiger charge is -2.63. The van der Waals surface area contributed by atoms with E-state index in [9.17, 15) is 14.9 Å². The summed E-state index contributed by atoms with van der Waals surface area (Å²) in [5.74, 6) is 1.16. The Labute approximate surface area is 202 Å². The zero-order valence-corrected chi connectivity index (χ0v) is 20.5. The van der Waals surface area contributed by atoms with Gasteiger partial charge in [0, 0.05) is 11.6 Å². The number of piperidine rings is 1. The molecule has 6 saturated carbocycles. The Kier molecular flexibility index (Phi) is 5.12. The number of esters is 1. The average molecular weight is 470 g/mol. The number of hydrogen-bond acceptors (Lipinski definition) is 7. The summed E-state index contributed by atoms with van der Waals surface area (Å²) in [6.07, 6.45) is 10.3. The van der Waals surface area contributed by atoms with Crippen molar-refractivity contribution in [1.29, 1.82) is 5.26 Å². The molecule has 7 rings (SSSR count). The van der Waals surface area contributed by atoms with Gasteiger partial charge in [0.1, 0.15) is 17.7 Å². The number of carbonyl (C=O) groups is 2. The number of nitrogens with one attached hydrogen (secondary N) is 2. The third-order valence-corrected chi connectivity index (χ3v) is 10.6. The number of nitriles is 1. The number of amides is 1. The van der Waals surface area contributed by atoms with Gasteiger partial charge in [-0.2, -0.15) is 5.26 Å². The highest BCUT2D eigenvalue weighted by molar-refractivity contribution is 5.84. The highest BCUT2D eigenvalue weighted by Gasteiger charge is 2.64. The molecule has 1 amide bonds. The number of nitrogens with two attached hydrogens (primary N) is 1. The van der Waals surface area contributed by atoms with Crippen LogP contribution >= 0.6 is 0 Å². The fourth-order valence-electron chi connectivity index (χ4n) is 9.18. The minimum absolute atomic E-state index is 0.0447. The van der Waals surface area contributed by atoms with Gasteiger partial charge in [-0.1, -0.05) is 0 Å². The SMILES string of the molecule is CN[C@@H](C(=O)OC12CC3CC(C1)CC([C@H](N)C(=O)N1[C@H](C#N)C[C@@H]4C[C@@H]41)(C3)C2)C1(NC)CCC1. The van der Waals surface area contributed by atoms with Crippen LogP contribution in [0.5, 0.6) is 0 Å². The van der Waals surface area contributed by atoms with Gasteiger partial charge in [-0.3, -0.25) is 9.59 Å². The smallest absolute Gasteiger partial charge is 0.325 e. The molecule has 0 aromatic heterocycles. The molecular formula is C26H39N5O3. The van der Waals surface area contributed by atoms with E-state index in [2.05, 4.69) is 16.7 Å². The molecule has 6 aliphatic carbocycles. The molecule has 4 N–H and O–H groups in total. The van der Waals surface area contributed by atoms with E-state index in [4.69, 9.17) is 10.5 Å². The average Bonchev–Trinajstić information content (AvgIpc) is 3.43. The Morgan fingerprint density at radius 3 is 2.38 bits per heavy atom. The predicted molar refractivity (Wildman–Crippen MR) is 125 cm³/mol. The van der Waals surface area contributed by atoms with Crippen molar-refractivity contribution in [2.75, 3.05) is 14.1 Å². The first-order valence-electron chi connectivity index (χ1n) is 13.3. The van der Waals surface area contributed by atoms with E-state index < -0.39 is 11.6 Å². The van der Waals surface area contributed by atoms with Gasteiger partial charge in [0.25, 0.3) is 0 Å². The van der Waals surface area contributed by atoms with Crippen molar-refractivity contribution < 1.29 is 14.3 Å². The maximum absolute atomic E-state index is 13.7. The second-order valence-corrected chi connectivity index (χ2v) is 12.6. The van der Waals surface area contributed by atoms with E-state index in [0.29, 0.717) is 24.2 Å². The summed E-state index contributed by atoms with van der Waals surface area (Å²) in [7, 11) is 3.77. The predicted octanol–water partition coefficient (Wildman–Crippen LogP) is 1.44. The van der Waals surface area contributed by atoms with Gasteiger partial charge in [0.15, 0.2) is 0 Å². The van der Waals surface area contributed by atoms with Crippen LogP contribution in [0.1, 0.15) is 70.6 Å². The number of carbonyl (C=O) groups excluding carboxylic acids is 2. The number of fused-ring (bicyclic) bond motifs is 1. The Morgan fingerprint density at radius 2 is 1.82 bits per heavy atom. The van der Waals surface area contributed by atoms with E-state index in [-0.39, 0.29) is 41.0 Å². The zero-order valence-electron chi connectivity index (χ0n) is 20.5. The second kappa shape index (κ2) is 7.65. The molecule has 1 heterocycles. The summed E-state index contributed by atoms with van der Waals surface area (Å²) in [5.41, 5.74) is 5.74. The number of hydrogen-bond donors (Lipinski definition) is 3. The van der Waals surface area contributed by atoms with Crippen LogP contribution in [0.3, 0.4) is 0 Å². The van der Waals surface area contributed by atoms with Gasteiger partial charge in [-0.25, -0.2) is 0 Å². The van der Waals surface area contributed by atoms with Gasteiger partial charge in [-0.05, 0) is 108 Å². The van der Waals surface area contributed by atoms with Crippen LogP contribution in [-0.2, 0) is 14.3 Å². The lowest BCUT2D eigenvalue weighted by Crippen LogP contribution is -2.68. The van der Waals surface area contributed by atoms with Crippen molar-refractivity contribution in [3.8, 4) is 6.07 Å². The maximum atomic E-state index is 13.7. The van der Waals surface area contributed by atoms with Gasteiger partial charge in [0.2, 0.25) is 5.91 Å². The Morgan fingerprint density at radius 1 is 1.12 bits per heavy atom. The molecule has 1 saturated heterocycles. The summed E-state index contributed by atoms with van der Waals surface area (Å²) < 4.78 is 6.47. The largest absolute Gasteiger partial charge is 0.458 e. The van der Waals surface area contributed by atoms with Crippen LogP contribution in [0, 0.1) is 34.5 Å². The summed E-state index contributed by atoms with van der Waals surface area (Å²) in [6, 6.07) is 1.21. The van der Waals surface area contributed by atoms with Crippen molar-refractivity contribution >= 4 is 11.9 Å². The van der Waals surface area contributed by atoms with Crippen LogP contribution < -0.4 is 16.4 Å². The molecule has 4 bridgehead atoms. The zero-order chi connectivity index (χ0) is 23.9. The van der Waals surface area contributed by atoms with Crippen molar-refractivity contribution in [1.82, 2.24) is 15.5 Å². The van der Waals surface area contributed by atoms with Gasteiger partial charge >= 0.3 is 5.97 Å². The highest BCUT2D eigenvalue weighted by Crippen LogP contribution is 2.64. The Bertz CT molecular complexity index is 906. The first-order valence-corrected chi connectivity index (χ1v) is 13.3. The quantitative estimate of drug-likeness (QED) is 0.483. The molecule has 186 valence electrons. The molecule has 1 aliphatic heterocycles. The maximum Gasteiger partial charge on any atom is 0.325 e. The molecule has 2 unspecified atom stereocenters. The van der Waals surface area contributed by atoms with Crippen molar-refractivity contribution in [2.24, 2.45) is 28.9 Å². The lowest BCUT2D eigenvalue weighted by atomic mass is 9.46. The molecule has 34 heavy (non-hydrogen) atoms. The Balaban J connectivity index is 1.23. The molecule has 0 aromatic rings. The topological polar surface area (TPSA) is 120 Å². The van der Waals surface area contributed by atoms with Crippen LogP contribution in [0.25, 0.3) is 0 Å². The highest BCUT2D eigenvalue weighted by atomic mass is 16.6. The van der Waals surface area contributed by atoms with Crippen molar-refractivity contribution in [3.63, 3.8) is 0 Å². The molecular weight excluding hydrogens is 430 g/mol. The number of rotatable bonds is 7. The van der Waals surface area contributed by atoms with Gasteiger partial charge in [-0.15, -0.1) is 0 Å². The number of likely N-dealkylation sites (N-methyl/N-ethyl adjacent to an activating group) is 2. The van der Waals surface area contributed by atoms with Crippen LogP contribution in [0.4, 0.5) is 0 Å². The molecule has 0 aromatic carbocycles. The summed E-state index contributed by atoms with van der Waals surface area (Å²) in [5, 5.41) is 16.2. The third kappa shape index (κ3) is 3.19. The van der Waals surface area contributed by atoms with Gasteiger partial charge < -0.3 is 26.0 Å². The molecule has 7 fully saturated rings. The lowest BCUT2D eigenvalue weighted by molar-refractivity contribution is -0.209. The molecule has 8 nitrogen and oxygen atoms in total. The van der Waals surface area contributed by atoms with Crippen molar-refractivity contribution in [2.45, 2.75) is 106 Å². The molecule has 0 spiro atoms. The minimum atomic E-state index is -0.623. The molecule has 8 heteroatoms. The first kappa shape index (κ1) is 22.8. The molecule has 0 radical (unpaired) electrons. The standard InChI is InChI=1S/C26H39N5O3/c1-29-21(26(30-2)4-3-5-26)23(33)34-25-11-15-6-16(12-25)10-24(9-15,14-25)20(28)22(32)31-18(13-27)7-17-8-19(17)31/h15-21,29-30H,3-12,14,28H2,1-2H3/t15?,16?,17-,18+,19+,20-,21+,24?,25?/m1/s1. The first-order chi connectivity index (χ1) is 16.3. The Hall–Kier alpha value is -1.69. The third-order valence-electron chi connectivity index (χ3n) is 10.6. The van der Waals surface area contributed by atoms with Crippen LogP contribution in [0.15, 0.2) is 0 Å². The number of likely N-dealkylation sites (tertiary alicyclic amines) is 1. The minimum Gasteiger partial charge on any atom is -0.458 e. The molecule has 7 atom stereocenters. The number of nitrogens with zero attached hydrogens (tertiary/aromatic N) is 2. The summed E-state index contributed by atoms with van der Waals surface area (Å²) in [4.78, 5) is 29.0. The van der Waals surface area contributed by atoms with E-state index in [1.54, 1.807) is 0 Å². The number of ether oxygens (including phenoxy) is 1. The monoisotopic (exact) mass is 469 g/mol. The van der Waals surface area contributed by atoms with Crippen molar-refractivity contribution in [3.05, 3.63) is 0 Å². The van der Waals surface area contributed by atoms with E-state index in [1.807, 2.05) is 19.0 Å². The summed E-state index contributed by atoms with van der Waals surface area (Å²) in [6.45, 7) is 0. The fourth-order valence-corrected chi connectivity index (χ4v) is 9.18. The fraction of sp³-hybridized carbons (Fsp3) is 0.885. The van der Waals surface area contributed by atoms with E-state index in [0.717, 1.165) is 64.2 Å². The van der Waals surface area contributed by atoms with E-state index >= 15 is 0 Å².